The first-order valence-corrected chi connectivity index (χ1v) is 7.92. The van der Waals surface area contributed by atoms with Crippen molar-refractivity contribution in [3.8, 4) is 11.1 Å². The minimum atomic E-state index is 0.971. The molecule has 21 heavy (non-hydrogen) atoms. The Morgan fingerprint density at radius 3 is 2.76 bits per heavy atom. The number of fused-ring (bicyclic) bond motifs is 3. The van der Waals surface area contributed by atoms with Gasteiger partial charge >= 0.3 is 0 Å². The van der Waals surface area contributed by atoms with Gasteiger partial charge in [0.25, 0.3) is 0 Å². The highest BCUT2D eigenvalue weighted by Gasteiger charge is 2.18. The summed E-state index contributed by atoms with van der Waals surface area (Å²) in [6, 6.07) is 15.4. The summed E-state index contributed by atoms with van der Waals surface area (Å²) >= 11 is 0. The molecule has 0 atom stereocenters. The summed E-state index contributed by atoms with van der Waals surface area (Å²) in [5.41, 5.74) is 6.83. The monoisotopic (exact) mass is 276 g/mol. The first kappa shape index (κ1) is 12.6. The molecule has 1 aliphatic heterocycles. The molecule has 1 heterocycles. The van der Waals surface area contributed by atoms with Crippen LogP contribution < -0.4 is 5.32 Å². The van der Waals surface area contributed by atoms with Gasteiger partial charge in [0, 0.05) is 18.7 Å². The zero-order valence-corrected chi connectivity index (χ0v) is 12.2. The number of aliphatic imine (C=N–C) groups is 1. The second-order valence-corrected chi connectivity index (χ2v) is 5.97. The van der Waals surface area contributed by atoms with Crippen molar-refractivity contribution in [2.45, 2.75) is 32.1 Å². The second-order valence-electron chi connectivity index (χ2n) is 5.97. The molecule has 2 nitrogen and oxygen atoms in total. The Morgan fingerprint density at radius 2 is 1.76 bits per heavy atom. The van der Waals surface area contributed by atoms with Crippen LogP contribution in [0.1, 0.15) is 36.8 Å². The lowest BCUT2D eigenvalue weighted by Gasteiger charge is -2.10. The van der Waals surface area contributed by atoms with Crippen LogP contribution in [0.25, 0.3) is 11.1 Å². The predicted molar refractivity (Wildman–Crippen MR) is 89.1 cm³/mol. The van der Waals surface area contributed by atoms with Crippen LogP contribution in [0, 0.1) is 0 Å². The van der Waals surface area contributed by atoms with Crippen molar-refractivity contribution in [1.29, 1.82) is 0 Å². The third-order valence-corrected chi connectivity index (χ3v) is 4.46. The number of hydrogen-bond donors (Lipinski definition) is 1. The summed E-state index contributed by atoms with van der Waals surface area (Å²) in [7, 11) is 0. The van der Waals surface area contributed by atoms with E-state index in [-0.39, 0.29) is 0 Å². The number of rotatable bonds is 1. The molecule has 0 unspecified atom stereocenters. The largest absolute Gasteiger partial charge is 0.344 e. The molecule has 0 spiro atoms. The molecule has 0 saturated heterocycles. The molecule has 0 amide bonds. The molecule has 0 saturated carbocycles. The Kier molecular flexibility index (Phi) is 3.23. The van der Waals surface area contributed by atoms with Crippen molar-refractivity contribution in [3.05, 3.63) is 53.6 Å². The fourth-order valence-corrected chi connectivity index (χ4v) is 3.37. The fourth-order valence-electron chi connectivity index (χ4n) is 3.37. The second kappa shape index (κ2) is 5.36. The average Bonchev–Trinajstić information content (AvgIpc) is 2.67. The Bertz CT molecular complexity index is 700. The summed E-state index contributed by atoms with van der Waals surface area (Å²) in [5, 5.41) is 3.53. The van der Waals surface area contributed by atoms with Gasteiger partial charge < -0.3 is 5.32 Å². The minimum absolute atomic E-state index is 0.971. The quantitative estimate of drug-likeness (QED) is 0.688. The minimum Gasteiger partial charge on any atom is -0.344 e. The summed E-state index contributed by atoms with van der Waals surface area (Å²) < 4.78 is 0. The molecule has 2 aromatic carbocycles. The molecule has 2 heteroatoms. The lowest BCUT2D eigenvalue weighted by Crippen LogP contribution is -2.11. The van der Waals surface area contributed by atoms with Crippen molar-refractivity contribution in [2.75, 3.05) is 11.9 Å². The van der Waals surface area contributed by atoms with Gasteiger partial charge in [-0.2, -0.15) is 0 Å². The van der Waals surface area contributed by atoms with Gasteiger partial charge in [-0.1, -0.05) is 36.8 Å². The molecule has 0 aromatic heterocycles. The highest BCUT2D eigenvalue weighted by molar-refractivity contribution is 5.96. The zero-order valence-electron chi connectivity index (χ0n) is 12.2. The summed E-state index contributed by atoms with van der Waals surface area (Å²) in [6.07, 6.45) is 5.91. The zero-order chi connectivity index (χ0) is 14.1. The van der Waals surface area contributed by atoms with E-state index in [0.717, 1.165) is 25.2 Å². The van der Waals surface area contributed by atoms with Crippen LogP contribution in [0.15, 0.2) is 47.5 Å². The number of nitrogens with one attached hydrogen (secondary N) is 1. The van der Waals surface area contributed by atoms with Gasteiger partial charge in [-0.25, -0.2) is 0 Å². The molecule has 2 aliphatic rings. The van der Waals surface area contributed by atoms with Gasteiger partial charge in [0.15, 0.2) is 0 Å². The normalized spacial score (nSPS) is 16.7. The Morgan fingerprint density at radius 1 is 0.857 bits per heavy atom. The van der Waals surface area contributed by atoms with Crippen molar-refractivity contribution >= 4 is 11.5 Å². The number of anilines is 1. The standard InChI is InChI=1S/C19H20N2/c1-2-8-19(20-11-5-1)21-16-9-10-18-15(13-16)12-14-6-3-4-7-17(14)18/h3-4,6-7,9-10,13H,1-2,5,8,11-12H2,(H,20,21). The number of nitrogens with zero attached hydrogens (tertiary/aromatic N) is 1. The van der Waals surface area contributed by atoms with E-state index in [2.05, 4.69) is 52.8 Å². The van der Waals surface area contributed by atoms with E-state index in [4.69, 9.17) is 0 Å². The van der Waals surface area contributed by atoms with Gasteiger partial charge in [-0.3, -0.25) is 4.99 Å². The first-order chi connectivity index (χ1) is 10.4. The SMILES string of the molecule is c1ccc2c(c1)Cc1cc(NC3=NCCCCC3)ccc1-2. The summed E-state index contributed by atoms with van der Waals surface area (Å²) in [5.74, 6) is 1.16. The van der Waals surface area contributed by atoms with Gasteiger partial charge in [0.2, 0.25) is 0 Å². The van der Waals surface area contributed by atoms with Crippen molar-refractivity contribution in [1.82, 2.24) is 0 Å². The highest BCUT2D eigenvalue weighted by Crippen LogP contribution is 2.37. The maximum Gasteiger partial charge on any atom is 0.101 e. The maximum absolute atomic E-state index is 4.66. The van der Waals surface area contributed by atoms with E-state index in [9.17, 15) is 0 Å². The van der Waals surface area contributed by atoms with Crippen LogP contribution in [-0.2, 0) is 6.42 Å². The molecule has 106 valence electrons. The predicted octanol–water partition coefficient (Wildman–Crippen LogP) is 4.64. The molecule has 2 aromatic rings. The fraction of sp³-hybridized carbons (Fsp3) is 0.316. The van der Waals surface area contributed by atoms with E-state index >= 15 is 0 Å². The number of benzene rings is 2. The molecule has 1 aliphatic carbocycles. The van der Waals surface area contributed by atoms with Gasteiger partial charge in [-0.05, 0) is 53.6 Å². The smallest absolute Gasteiger partial charge is 0.101 e. The Balaban J connectivity index is 1.60. The van der Waals surface area contributed by atoms with E-state index in [1.54, 1.807) is 0 Å². The van der Waals surface area contributed by atoms with E-state index in [0.29, 0.717) is 0 Å². The molecule has 1 N–H and O–H groups in total. The summed E-state index contributed by atoms with van der Waals surface area (Å²) in [6.45, 7) is 0.971. The Hall–Kier alpha value is -2.09. The van der Waals surface area contributed by atoms with E-state index < -0.39 is 0 Å². The van der Waals surface area contributed by atoms with E-state index in [1.807, 2.05) is 0 Å². The average molecular weight is 276 g/mol. The lowest BCUT2D eigenvalue weighted by molar-refractivity contribution is 0.731. The van der Waals surface area contributed by atoms with Crippen molar-refractivity contribution in [3.63, 3.8) is 0 Å². The molecule has 0 fully saturated rings. The molecule has 0 radical (unpaired) electrons. The lowest BCUT2D eigenvalue weighted by atomic mass is 10.1. The van der Waals surface area contributed by atoms with Crippen LogP contribution in [0.3, 0.4) is 0 Å². The van der Waals surface area contributed by atoms with Crippen LogP contribution in [0.4, 0.5) is 5.69 Å². The molecule has 0 bridgehead atoms. The van der Waals surface area contributed by atoms with Crippen molar-refractivity contribution in [2.24, 2.45) is 4.99 Å². The van der Waals surface area contributed by atoms with Crippen LogP contribution >= 0.6 is 0 Å². The van der Waals surface area contributed by atoms with Crippen molar-refractivity contribution < 1.29 is 0 Å². The summed E-state index contributed by atoms with van der Waals surface area (Å²) in [4.78, 5) is 4.66. The van der Waals surface area contributed by atoms with Gasteiger partial charge in [0.05, 0.1) is 0 Å². The molecule has 4 rings (SSSR count). The first-order valence-electron chi connectivity index (χ1n) is 7.92. The van der Waals surface area contributed by atoms with Crippen LogP contribution in [0.2, 0.25) is 0 Å². The van der Waals surface area contributed by atoms with Gasteiger partial charge in [0.1, 0.15) is 5.84 Å². The number of amidine groups is 1. The van der Waals surface area contributed by atoms with Crippen LogP contribution in [0.5, 0.6) is 0 Å². The third-order valence-electron chi connectivity index (χ3n) is 4.46. The number of hydrogen-bond acceptors (Lipinski definition) is 2. The molecular formula is C19H20N2. The molecular weight excluding hydrogens is 256 g/mol. The third kappa shape index (κ3) is 2.46. The topological polar surface area (TPSA) is 24.4 Å². The highest BCUT2D eigenvalue weighted by atomic mass is 15.0. The van der Waals surface area contributed by atoms with Gasteiger partial charge in [-0.15, -0.1) is 0 Å². The maximum atomic E-state index is 4.66. The van der Waals surface area contributed by atoms with E-state index in [1.165, 1.54) is 47.2 Å². The van der Waals surface area contributed by atoms with Crippen LogP contribution in [-0.4, -0.2) is 12.4 Å². The Labute approximate surface area is 125 Å².